The molecule has 0 radical (unpaired) electrons. The van der Waals surface area contributed by atoms with Gasteiger partial charge in [-0.2, -0.15) is 10.5 Å². The number of hydrogen-bond donors (Lipinski definition) is 0. The summed E-state index contributed by atoms with van der Waals surface area (Å²) in [6.07, 6.45) is 1.41. The van der Waals surface area contributed by atoms with Crippen molar-refractivity contribution in [3.63, 3.8) is 0 Å². The molecule has 5 heteroatoms. The summed E-state index contributed by atoms with van der Waals surface area (Å²) in [5, 5.41) is 17.9. The topological polar surface area (TPSA) is 56.8 Å². The number of rotatable bonds is 4. The Morgan fingerprint density at radius 1 is 1.14 bits per heavy atom. The normalized spacial score (nSPS) is 9.45. The molecule has 2 aromatic rings. The number of ether oxygens (including phenoxy) is 1. The van der Waals surface area contributed by atoms with Crippen molar-refractivity contribution < 1.29 is 9.13 Å². The van der Waals surface area contributed by atoms with Crippen molar-refractivity contribution >= 4 is 17.7 Å². The Labute approximate surface area is 132 Å². The van der Waals surface area contributed by atoms with Crippen LogP contribution in [0.15, 0.2) is 48.0 Å². The highest BCUT2D eigenvalue weighted by Crippen LogP contribution is 2.25. The van der Waals surface area contributed by atoms with Gasteiger partial charge in [-0.25, -0.2) is 4.39 Å². The third-order valence-corrected chi connectivity index (χ3v) is 3.25. The molecule has 0 bridgehead atoms. The zero-order valence-electron chi connectivity index (χ0n) is 11.4. The molecule has 0 spiro atoms. The van der Waals surface area contributed by atoms with Crippen LogP contribution in [0.1, 0.15) is 11.1 Å². The number of nitrogens with zero attached hydrogens (tertiary/aromatic N) is 2. The van der Waals surface area contributed by atoms with Crippen LogP contribution >= 0.6 is 11.6 Å². The van der Waals surface area contributed by atoms with Gasteiger partial charge in [0, 0.05) is 11.1 Å². The molecular weight excluding hydrogens is 303 g/mol. The van der Waals surface area contributed by atoms with Crippen molar-refractivity contribution in [1.29, 1.82) is 10.5 Å². The number of benzene rings is 2. The van der Waals surface area contributed by atoms with Gasteiger partial charge in [-0.15, -0.1) is 0 Å². The summed E-state index contributed by atoms with van der Waals surface area (Å²) in [6, 6.07) is 14.8. The first-order valence-electron chi connectivity index (χ1n) is 6.32. The van der Waals surface area contributed by atoms with Crippen LogP contribution in [-0.4, -0.2) is 0 Å². The highest BCUT2D eigenvalue weighted by molar-refractivity contribution is 6.31. The molecule has 0 aliphatic carbocycles. The summed E-state index contributed by atoms with van der Waals surface area (Å²) >= 11 is 5.95. The monoisotopic (exact) mass is 312 g/mol. The van der Waals surface area contributed by atoms with E-state index in [1.54, 1.807) is 42.5 Å². The highest BCUT2D eigenvalue weighted by atomic mass is 35.5. The zero-order chi connectivity index (χ0) is 15.9. The van der Waals surface area contributed by atoms with Crippen molar-refractivity contribution in [2.75, 3.05) is 0 Å². The Kier molecular flexibility index (Phi) is 5.14. The highest BCUT2D eigenvalue weighted by Gasteiger charge is 2.09. The predicted molar refractivity (Wildman–Crippen MR) is 81.4 cm³/mol. The Bertz CT molecular complexity index is 767. The van der Waals surface area contributed by atoms with Crippen LogP contribution in [0.25, 0.3) is 6.08 Å². The molecule has 0 aromatic heterocycles. The van der Waals surface area contributed by atoms with Gasteiger partial charge in [0.2, 0.25) is 0 Å². The van der Waals surface area contributed by atoms with Crippen LogP contribution in [0.3, 0.4) is 0 Å². The second-order valence-electron chi connectivity index (χ2n) is 4.31. The number of nitriles is 2. The number of halogens is 2. The Morgan fingerprint density at radius 2 is 1.86 bits per heavy atom. The summed E-state index contributed by atoms with van der Waals surface area (Å²) in [5.41, 5.74) is 0.775. The molecule has 0 fully saturated rings. The summed E-state index contributed by atoms with van der Waals surface area (Å²) in [7, 11) is 0. The lowest BCUT2D eigenvalue weighted by molar-refractivity contribution is 0.299. The molecule has 0 saturated carbocycles. The fraction of sp³-hybridized carbons (Fsp3) is 0.0588. The van der Waals surface area contributed by atoms with Crippen LogP contribution < -0.4 is 4.74 Å². The molecule has 22 heavy (non-hydrogen) atoms. The van der Waals surface area contributed by atoms with Gasteiger partial charge in [0.05, 0.1) is 5.02 Å². The fourth-order valence-electron chi connectivity index (χ4n) is 1.80. The summed E-state index contributed by atoms with van der Waals surface area (Å²) in [4.78, 5) is 0. The zero-order valence-corrected chi connectivity index (χ0v) is 12.1. The fourth-order valence-corrected chi connectivity index (χ4v) is 2.01. The lowest BCUT2D eigenvalue weighted by Gasteiger charge is -2.11. The van der Waals surface area contributed by atoms with Crippen molar-refractivity contribution in [1.82, 2.24) is 0 Å². The van der Waals surface area contributed by atoms with E-state index in [2.05, 4.69) is 0 Å². The first kappa shape index (κ1) is 15.6. The quantitative estimate of drug-likeness (QED) is 0.782. The van der Waals surface area contributed by atoms with Crippen molar-refractivity contribution in [2.24, 2.45) is 0 Å². The Hall–Kier alpha value is -2.82. The third kappa shape index (κ3) is 3.63. The second-order valence-corrected chi connectivity index (χ2v) is 4.72. The van der Waals surface area contributed by atoms with Gasteiger partial charge in [0.1, 0.15) is 35.9 Å². The van der Waals surface area contributed by atoms with Crippen LogP contribution in [-0.2, 0) is 6.61 Å². The molecule has 0 saturated heterocycles. The van der Waals surface area contributed by atoms with E-state index in [0.717, 1.165) is 0 Å². The predicted octanol–water partition coefficient (Wildman–Crippen LogP) is 4.49. The number of hydrogen-bond acceptors (Lipinski definition) is 3. The van der Waals surface area contributed by atoms with Crippen molar-refractivity contribution in [2.45, 2.75) is 6.61 Å². The Morgan fingerprint density at radius 3 is 2.55 bits per heavy atom. The minimum atomic E-state index is -0.449. The molecule has 0 heterocycles. The molecule has 0 aliphatic rings. The molecular formula is C17H10ClFN2O. The van der Waals surface area contributed by atoms with E-state index in [0.29, 0.717) is 11.3 Å². The summed E-state index contributed by atoms with van der Waals surface area (Å²) in [6.45, 7) is -0.0508. The SMILES string of the molecule is N#CC(C#N)=Cc1ccccc1OCc1c(F)cccc1Cl. The van der Waals surface area contributed by atoms with E-state index < -0.39 is 5.82 Å². The summed E-state index contributed by atoms with van der Waals surface area (Å²) in [5.74, 6) is -0.0138. The van der Waals surface area contributed by atoms with Gasteiger partial charge in [-0.05, 0) is 24.3 Å². The molecule has 2 rings (SSSR count). The number of para-hydroxylation sites is 1. The first-order chi connectivity index (χ1) is 10.7. The van der Waals surface area contributed by atoms with Gasteiger partial charge in [0.25, 0.3) is 0 Å². The smallest absolute Gasteiger partial charge is 0.131 e. The molecule has 3 nitrogen and oxygen atoms in total. The Balaban J connectivity index is 2.27. The first-order valence-corrected chi connectivity index (χ1v) is 6.70. The van der Waals surface area contributed by atoms with Gasteiger partial charge >= 0.3 is 0 Å². The van der Waals surface area contributed by atoms with E-state index >= 15 is 0 Å². The third-order valence-electron chi connectivity index (χ3n) is 2.89. The van der Waals surface area contributed by atoms with E-state index in [1.165, 1.54) is 18.2 Å². The van der Waals surface area contributed by atoms with Crippen LogP contribution in [0.5, 0.6) is 5.75 Å². The molecule has 0 aliphatic heterocycles. The van der Waals surface area contributed by atoms with Gasteiger partial charge in [-0.3, -0.25) is 0 Å². The van der Waals surface area contributed by atoms with E-state index in [1.807, 2.05) is 0 Å². The average Bonchev–Trinajstić information content (AvgIpc) is 2.53. The lowest BCUT2D eigenvalue weighted by Crippen LogP contribution is -2.00. The molecule has 2 aromatic carbocycles. The average molecular weight is 313 g/mol. The minimum absolute atomic E-state index is 0.0417. The van der Waals surface area contributed by atoms with Gasteiger partial charge in [0.15, 0.2) is 0 Å². The van der Waals surface area contributed by atoms with E-state index in [9.17, 15) is 4.39 Å². The maximum atomic E-state index is 13.7. The molecule has 0 atom stereocenters. The maximum Gasteiger partial charge on any atom is 0.131 e. The minimum Gasteiger partial charge on any atom is -0.488 e. The maximum absolute atomic E-state index is 13.7. The van der Waals surface area contributed by atoms with Crippen LogP contribution in [0, 0.1) is 28.5 Å². The number of allylic oxidation sites excluding steroid dienone is 1. The standard InChI is InChI=1S/C17H10ClFN2O/c18-15-5-3-6-16(19)14(15)11-22-17-7-2-1-4-13(17)8-12(9-20)10-21/h1-8H,11H2. The molecule has 0 amide bonds. The molecule has 0 N–H and O–H groups in total. The van der Waals surface area contributed by atoms with E-state index in [-0.39, 0.29) is 22.8 Å². The van der Waals surface area contributed by atoms with Crippen molar-refractivity contribution in [3.8, 4) is 17.9 Å². The largest absolute Gasteiger partial charge is 0.488 e. The van der Waals surface area contributed by atoms with Crippen LogP contribution in [0.4, 0.5) is 4.39 Å². The van der Waals surface area contributed by atoms with E-state index in [4.69, 9.17) is 26.9 Å². The van der Waals surface area contributed by atoms with Crippen molar-refractivity contribution in [3.05, 3.63) is 70.0 Å². The molecule has 0 unspecified atom stereocenters. The lowest BCUT2D eigenvalue weighted by atomic mass is 10.1. The summed E-state index contributed by atoms with van der Waals surface area (Å²) < 4.78 is 19.3. The molecule has 108 valence electrons. The van der Waals surface area contributed by atoms with Gasteiger partial charge < -0.3 is 4.74 Å². The van der Waals surface area contributed by atoms with Gasteiger partial charge in [-0.1, -0.05) is 35.9 Å². The van der Waals surface area contributed by atoms with Crippen LogP contribution in [0.2, 0.25) is 5.02 Å². The second kappa shape index (κ2) is 7.26.